The second-order valence-electron chi connectivity index (χ2n) is 4.76. The Labute approximate surface area is 120 Å². The van der Waals surface area contributed by atoms with Crippen LogP contribution in [0.15, 0.2) is 33.6 Å². The van der Waals surface area contributed by atoms with Gasteiger partial charge in [0.2, 0.25) is 0 Å². The highest BCUT2D eigenvalue weighted by Gasteiger charge is 2.12. The molecule has 0 bridgehead atoms. The Morgan fingerprint density at radius 3 is 2.90 bits per heavy atom. The number of aromatic nitrogens is 3. The van der Waals surface area contributed by atoms with Crippen LogP contribution in [0.4, 0.5) is 0 Å². The van der Waals surface area contributed by atoms with Gasteiger partial charge in [-0.1, -0.05) is 12.1 Å². The van der Waals surface area contributed by atoms with E-state index in [9.17, 15) is 4.79 Å². The van der Waals surface area contributed by atoms with Crippen LogP contribution in [0.25, 0.3) is 22.4 Å². The maximum absolute atomic E-state index is 12.1. The monoisotopic (exact) mass is 285 g/mol. The van der Waals surface area contributed by atoms with Crippen LogP contribution < -0.4 is 10.3 Å². The van der Waals surface area contributed by atoms with E-state index in [-0.39, 0.29) is 11.4 Å². The van der Waals surface area contributed by atoms with E-state index in [0.29, 0.717) is 18.0 Å². The summed E-state index contributed by atoms with van der Waals surface area (Å²) in [4.78, 5) is 19.0. The summed E-state index contributed by atoms with van der Waals surface area (Å²) >= 11 is 0. The fraction of sp³-hybridized carbons (Fsp3) is 0.267. The van der Waals surface area contributed by atoms with Gasteiger partial charge in [-0.15, -0.1) is 0 Å². The molecule has 0 aliphatic heterocycles. The van der Waals surface area contributed by atoms with E-state index in [2.05, 4.69) is 22.0 Å². The third kappa shape index (κ3) is 2.65. The third-order valence-corrected chi connectivity index (χ3v) is 3.05. The average Bonchev–Trinajstić information content (AvgIpc) is 2.90. The largest absolute Gasteiger partial charge is 0.494 e. The third-order valence-electron chi connectivity index (χ3n) is 3.05. The van der Waals surface area contributed by atoms with Crippen LogP contribution in [-0.2, 0) is 0 Å². The Hall–Kier alpha value is -2.63. The molecule has 3 aromatic rings. The smallest absolute Gasteiger partial charge is 0.263 e. The molecule has 1 N–H and O–H groups in total. The van der Waals surface area contributed by atoms with E-state index in [1.54, 1.807) is 13.0 Å². The van der Waals surface area contributed by atoms with Crippen molar-refractivity contribution >= 4 is 10.9 Å². The number of nitrogens with zero attached hydrogens (tertiary/aromatic N) is 2. The van der Waals surface area contributed by atoms with Gasteiger partial charge in [-0.2, -0.15) is 4.98 Å². The molecule has 0 radical (unpaired) electrons. The van der Waals surface area contributed by atoms with E-state index in [0.717, 1.165) is 23.1 Å². The van der Waals surface area contributed by atoms with Crippen LogP contribution in [0.2, 0.25) is 0 Å². The zero-order valence-electron chi connectivity index (χ0n) is 11.8. The van der Waals surface area contributed by atoms with Crippen LogP contribution >= 0.6 is 0 Å². The molecule has 2 heterocycles. The lowest BCUT2D eigenvalue weighted by Gasteiger charge is -2.06. The van der Waals surface area contributed by atoms with E-state index in [1.807, 2.05) is 18.2 Å². The highest BCUT2D eigenvalue weighted by Crippen LogP contribution is 2.22. The first-order valence-corrected chi connectivity index (χ1v) is 6.78. The molecule has 108 valence electrons. The number of nitrogens with one attached hydrogen (secondary N) is 1. The number of fused-ring (bicyclic) bond motifs is 1. The topological polar surface area (TPSA) is 81.0 Å². The van der Waals surface area contributed by atoms with Crippen LogP contribution in [-0.4, -0.2) is 21.7 Å². The first kappa shape index (κ1) is 13.4. The molecular formula is C15H15N3O3. The summed E-state index contributed by atoms with van der Waals surface area (Å²) in [6, 6.07) is 7.28. The van der Waals surface area contributed by atoms with Gasteiger partial charge in [0, 0.05) is 10.9 Å². The molecule has 6 heteroatoms. The van der Waals surface area contributed by atoms with E-state index in [4.69, 9.17) is 9.26 Å². The summed E-state index contributed by atoms with van der Waals surface area (Å²) in [5.41, 5.74) is 0.841. The summed E-state index contributed by atoms with van der Waals surface area (Å²) in [5.74, 6) is 1.48. The number of aryl methyl sites for hydroxylation is 1. The first-order valence-electron chi connectivity index (χ1n) is 6.78. The van der Waals surface area contributed by atoms with Crippen LogP contribution in [0.3, 0.4) is 0 Å². The van der Waals surface area contributed by atoms with Crippen molar-refractivity contribution in [2.45, 2.75) is 20.3 Å². The van der Waals surface area contributed by atoms with Gasteiger partial charge in [0.15, 0.2) is 5.82 Å². The molecule has 21 heavy (non-hydrogen) atoms. The van der Waals surface area contributed by atoms with Crippen LogP contribution in [0.5, 0.6) is 5.75 Å². The van der Waals surface area contributed by atoms with Gasteiger partial charge < -0.3 is 14.2 Å². The van der Waals surface area contributed by atoms with Crippen molar-refractivity contribution in [2.24, 2.45) is 0 Å². The zero-order valence-corrected chi connectivity index (χ0v) is 11.8. The second kappa shape index (κ2) is 5.40. The van der Waals surface area contributed by atoms with Crippen molar-refractivity contribution < 1.29 is 9.26 Å². The molecule has 0 saturated heterocycles. The Bertz CT molecular complexity index is 836. The molecular weight excluding hydrogens is 270 g/mol. The van der Waals surface area contributed by atoms with Crippen molar-refractivity contribution in [1.29, 1.82) is 0 Å². The molecule has 0 fully saturated rings. The zero-order chi connectivity index (χ0) is 14.8. The Kier molecular flexibility index (Phi) is 3.43. The van der Waals surface area contributed by atoms with Crippen molar-refractivity contribution in [3.8, 4) is 17.2 Å². The number of hydrogen-bond donors (Lipinski definition) is 1. The molecule has 0 aliphatic carbocycles. The van der Waals surface area contributed by atoms with E-state index in [1.165, 1.54) is 0 Å². The second-order valence-corrected chi connectivity index (χ2v) is 4.76. The predicted molar refractivity (Wildman–Crippen MR) is 78.4 cm³/mol. The molecule has 6 nitrogen and oxygen atoms in total. The van der Waals surface area contributed by atoms with Gasteiger partial charge in [0.05, 0.1) is 6.61 Å². The van der Waals surface area contributed by atoms with Gasteiger partial charge in [-0.05, 0) is 37.6 Å². The fourth-order valence-corrected chi connectivity index (χ4v) is 2.06. The van der Waals surface area contributed by atoms with Gasteiger partial charge >= 0.3 is 0 Å². The highest BCUT2D eigenvalue weighted by atomic mass is 16.5. The highest BCUT2D eigenvalue weighted by molar-refractivity contribution is 5.83. The van der Waals surface area contributed by atoms with Crippen molar-refractivity contribution in [1.82, 2.24) is 15.1 Å². The maximum Gasteiger partial charge on any atom is 0.263 e. The first-order chi connectivity index (χ1) is 10.2. The lowest BCUT2D eigenvalue weighted by molar-refractivity contribution is 0.318. The lowest BCUT2D eigenvalue weighted by Crippen LogP contribution is -2.09. The molecule has 0 unspecified atom stereocenters. The molecule has 0 spiro atoms. The number of hydrogen-bond acceptors (Lipinski definition) is 5. The molecule has 0 atom stereocenters. The van der Waals surface area contributed by atoms with Crippen LogP contribution in [0, 0.1) is 6.92 Å². The lowest BCUT2D eigenvalue weighted by atomic mass is 10.1. The number of H-pyrrole nitrogens is 1. The Morgan fingerprint density at radius 1 is 1.33 bits per heavy atom. The number of aromatic amines is 1. The number of ether oxygens (including phenoxy) is 1. The van der Waals surface area contributed by atoms with Gasteiger partial charge in [-0.25, -0.2) is 0 Å². The minimum Gasteiger partial charge on any atom is -0.494 e. The van der Waals surface area contributed by atoms with Crippen molar-refractivity contribution in [3.05, 3.63) is 40.4 Å². The van der Waals surface area contributed by atoms with E-state index < -0.39 is 0 Å². The SMILES string of the molecule is CCCOc1ccc2[nH]c(=O)c(-c3nc(C)no3)cc2c1. The quantitative estimate of drug-likeness (QED) is 0.797. The van der Waals surface area contributed by atoms with Crippen molar-refractivity contribution in [3.63, 3.8) is 0 Å². The van der Waals surface area contributed by atoms with Gasteiger partial charge in [0.1, 0.15) is 11.3 Å². The molecule has 3 rings (SSSR count). The van der Waals surface area contributed by atoms with E-state index >= 15 is 0 Å². The average molecular weight is 285 g/mol. The van der Waals surface area contributed by atoms with Crippen LogP contribution in [0.1, 0.15) is 19.2 Å². The minimum atomic E-state index is -0.256. The standard InChI is InChI=1S/C15H15N3O3/c1-3-6-20-11-4-5-13-10(7-11)8-12(14(19)17-13)15-16-9(2)18-21-15/h4-5,7-8H,3,6H2,1-2H3,(H,17,19). The molecule has 1 aromatic carbocycles. The fourth-order valence-electron chi connectivity index (χ4n) is 2.06. The predicted octanol–water partition coefficient (Wildman–Crippen LogP) is 2.68. The molecule has 2 aromatic heterocycles. The number of rotatable bonds is 4. The molecule has 0 amide bonds. The summed E-state index contributed by atoms with van der Waals surface area (Å²) in [6.07, 6.45) is 0.941. The summed E-state index contributed by atoms with van der Waals surface area (Å²) < 4.78 is 10.7. The minimum absolute atomic E-state index is 0.218. The summed E-state index contributed by atoms with van der Waals surface area (Å²) in [6.45, 7) is 4.41. The normalized spacial score (nSPS) is 11.0. The van der Waals surface area contributed by atoms with Gasteiger partial charge in [-0.3, -0.25) is 4.79 Å². The maximum atomic E-state index is 12.1. The Morgan fingerprint density at radius 2 is 2.19 bits per heavy atom. The summed E-state index contributed by atoms with van der Waals surface area (Å²) in [7, 11) is 0. The number of pyridine rings is 1. The summed E-state index contributed by atoms with van der Waals surface area (Å²) in [5, 5.41) is 4.56. The number of benzene rings is 1. The Balaban J connectivity index is 2.09. The van der Waals surface area contributed by atoms with Gasteiger partial charge in [0.25, 0.3) is 11.4 Å². The molecule has 0 saturated carbocycles. The molecule has 0 aliphatic rings. The van der Waals surface area contributed by atoms with Crippen molar-refractivity contribution in [2.75, 3.05) is 6.61 Å².